The van der Waals surface area contributed by atoms with Crippen LogP contribution in [0.4, 0.5) is 17.6 Å². The highest BCUT2D eigenvalue weighted by atomic mass is 19.4. The fourth-order valence-electron chi connectivity index (χ4n) is 2.66. The molecule has 2 aromatic carbocycles. The summed E-state index contributed by atoms with van der Waals surface area (Å²) >= 11 is 0. The molecule has 1 aromatic heterocycles. The molecule has 0 saturated heterocycles. The van der Waals surface area contributed by atoms with E-state index in [0.29, 0.717) is 11.1 Å². The van der Waals surface area contributed by atoms with Gasteiger partial charge in [0.1, 0.15) is 19.0 Å². The quantitative estimate of drug-likeness (QED) is 0.522. The van der Waals surface area contributed by atoms with E-state index >= 15 is 0 Å². The van der Waals surface area contributed by atoms with Crippen LogP contribution in [0.2, 0.25) is 0 Å². The fourth-order valence-corrected chi connectivity index (χ4v) is 2.66. The van der Waals surface area contributed by atoms with Crippen molar-refractivity contribution in [2.45, 2.75) is 6.18 Å². The number of aliphatic hydroxyl groups excluding tert-OH is 1. The van der Waals surface area contributed by atoms with E-state index in [1.165, 1.54) is 18.2 Å². The van der Waals surface area contributed by atoms with Crippen LogP contribution in [0.25, 0.3) is 22.8 Å². The van der Waals surface area contributed by atoms with E-state index in [1.54, 1.807) is 12.1 Å². The number of ether oxygens (including phenoxy) is 1. The molecule has 2 N–H and O–H groups in total. The number of nitrogens with one attached hydrogen (secondary N) is 1. The van der Waals surface area contributed by atoms with Crippen LogP contribution in [0.1, 0.15) is 15.9 Å². The van der Waals surface area contributed by atoms with Crippen LogP contribution in [0, 0.1) is 0 Å². The first-order chi connectivity index (χ1) is 14.8. The smallest absolute Gasteiger partial charge is 0.419 e. The maximum Gasteiger partial charge on any atom is 0.419 e. The summed E-state index contributed by atoms with van der Waals surface area (Å²) in [4.78, 5) is 16.0. The number of aliphatic hydroxyl groups is 1. The van der Waals surface area contributed by atoms with Gasteiger partial charge in [-0.1, -0.05) is 17.3 Å². The van der Waals surface area contributed by atoms with Gasteiger partial charge in [-0.2, -0.15) is 18.2 Å². The highest BCUT2D eigenvalue weighted by Gasteiger charge is 2.35. The van der Waals surface area contributed by atoms with Crippen molar-refractivity contribution in [2.24, 2.45) is 0 Å². The molecule has 31 heavy (non-hydrogen) atoms. The number of rotatable bonds is 8. The standard InChI is InChI=1S/C20H17F4N3O4/c21-7-10-30-16-6-5-14(11-15(16)20(22,23)24)19-26-17(27-31-19)12-1-3-13(4-2-12)18(29)25-8-9-28/h1-6,11,28H,7-10H2,(H,25,29). The number of aromatic nitrogens is 2. The van der Waals surface area contributed by atoms with Gasteiger partial charge >= 0.3 is 6.18 Å². The molecule has 7 nitrogen and oxygen atoms in total. The highest BCUT2D eigenvalue weighted by molar-refractivity contribution is 5.94. The summed E-state index contributed by atoms with van der Waals surface area (Å²) in [7, 11) is 0. The molecule has 11 heteroatoms. The lowest BCUT2D eigenvalue weighted by molar-refractivity contribution is -0.138. The summed E-state index contributed by atoms with van der Waals surface area (Å²) in [5.74, 6) is -0.904. The molecule has 0 fully saturated rings. The van der Waals surface area contributed by atoms with Gasteiger partial charge in [0.2, 0.25) is 5.82 Å². The minimum atomic E-state index is -4.73. The molecule has 0 atom stereocenters. The third-order valence-electron chi connectivity index (χ3n) is 4.10. The number of alkyl halides is 4. The van der Waals surface area contributed by atoms with Gasteiger partial charge in [0, 0.05) is 23.2 Å². The zero-order valence-electron chi connectivity index (χ0n) is 15.9. The number of carbonyl (C=O) groups excluding carboxylic acids is 1. The highest BCUT2D eigenvalue weighted by Crippen LogP contribution is 2.38. The average Bonchev–Trinajstić information content (AvgIpc) is 3.25. The van der Waals surface area contributed by atoms with Crippen molar-refractivity contribution >= 4 is 5.91 Å². The first-order valence-electron chi connectivity index (χ1n) is 9.07. The Morgan fingerprint density at radius 1 is 1.13 bits per heavy atom. The van der Waals surface area contributed by atoms with Crippen LogP contribution >= 0.6 is 0 Å². The predicted octanol–water partition coefficient (Wildman–Crippen LogP) is 3.49. The summed E-state index contributed by atoms with van der Waals surface area (Å²) in [6.45, 7) is -1.49. The molecule has 0 spiro atoms. The zero-order valence-corrected chi connectivity index (χ0v) is 15.9. The van der Waals surface area contributed by atoms with E-state index in [9.17, 15) is 22.4 Å². The van der Waals surface area contributed by atoms with Crippen LogP contribution in [0.5, 0.6) is 5.75 Å². The van der Waals surface area contributed by atoms with E-state index in [2.05, 4.69) is 15.5 Å². The minimum absolute atomic E-state index is 0.0127. The van der Waals surface area contributed by atoms with Gasteiger partial charge in [-0.25, -0.2) is 4.39 Å². The van der Waals surface area contributed by atoms with Gasteiger partial charge in [-0.15, -0.1) is 0 Å². The molecule has 0 aliphatic rings. The molecule has 3 aromatic rings. The summed E-state index contributed by atoms with van der Waals surface area (Å²) in [6, 6.07) is 9.29. The van der Waals surface area contributed by atoms with Gasteiger partial charge in [0.05, 0.1) is 12.2 Å². The number of hydrogen-bond donors (Lipinski definition) is 2. The third kappa shape index (κ3) is 5.37. The Balaban J connectivity index is 1.84. The van der Waals surface area contributed by atoms with Crippen molar-refractivity contribution in [3.63, 3.8) is 0 Å². The van der Waals surface area contributed by atoms with Crippen LogP contribution in [0.15, 0.2) is 47.0 Å². The minimum Gasteiger partial charge on any atom is -0.490 e. The molecule has 0 aliphatic heterocycles. The first-order valence-corrected chi connectivity index (χ1v) is 9.07. The number of benzene rings is 2. The molecule has 0 unspecified atom stereocenters. The summed E-state index contributed by atoms with van der Waals surface area (Å²) in [5.41, 5.74) is -0.248. The Labute approximate surface area is 173 Å². The van der Waals surface area contributed by atoms with Crippen LogP contribution in [-0.4, -0.2) is 47.6 Å². The second kappa shape index (κ2) is 9.56. The second-order valence-electron chi connectivity index (χ2n) is 6.23. The Hall–Kier alpha value is -3.47. The average molecular weight is 439 g/mol. The van der Waals surface area contributed by atoms with Gasteiger partial charge in [-0.3, -0.25) is 4.79 Å². The summed E-state index contributed by atoms with van der Waals surface area (Å²) < 4.78 is 62.2. The number of carbonyl (C=O) groups is 1. The Kier molecular flexibility index (Phi) is 6.85. The predicted molar refractivity (Wildman–Crippen MR) is 101 cm³/mol. The first kappa shape index (κ1) is 22.2. The van der Waals surface area contributed by atoms with Crippen molar-refractivity contribution in [2.75, 3.05) is 26.4 Å². The molecule has 1 amide bonds. The van der Waals surface area contributed by atoms with E-state index in [1.807, 2.05) is 0 Å². The van der Waals surface area contributed by atoms with Crippen LogP contribution in [0.3, 0.4) is 0 Å². The number of amides is 1. The Bertz CT molecular complexity index is 1040. The van der Waals surface area contributed by atoms with Crippen molar-refractivity contribution in [3.05, 3.63) is 53.6 Å². The van der Waals surface area contributed by atoms with Gasteiger partial charge in [0.25, 0.3) is 11.8 Å². The lowest BCUT2D eigenvalue weighted by Crippen LogP contribution is -2.26. The maximum absolute atomic E-state index is 13.3. The van der Waals surface area contributed by atoms with E-state index < -0.39 is 30.8 Å². The SMILES string of the molecule is O=C(NCCO)c1ccc(-c2noc(-c3ccc(OCCF)c(C(F)(F)F)c3)n2)cc1. The Morgan fingerprint density at radius 2 is 1.84 bits per heavy atom. The van der Waals surface area contributed by atoms with Gasteiger partial charge in [-0.05, 0) is 30.3 Å². The monoisotopic (exact) mass is 439 g/mol. The molecular formula is C20H17F4N3O4. The van der Waals surface area contributed by atoms with Gasteiger partial charge < -0.3 is 19.7 Å². The van der Waals surface area contributed by atoms with Crippen molar-refractivity contribution in [3.8, 4) is 28.6 Å². The zero-order chi connectivity index (χ0) is 22.4. The lowest BCUT2D eigenvalue weighted by atomic mass is 10.1. The topological polar surface area (TPSA) is 97.5 Å². The van der Waals surface area contributed by atoms with Crippen molar-refractivity contribution < 1.29 is 36.7 Å². The van der Waals surface area contributed by atoms with Crippen molar-refractivity contribution in [1.29, 1.82) is 0 Å². The molecular weight excluding hydrogens is 422 g/mol. The molecule has 1 heterocycles. The van der Waals surface area contributed by atoms with Crippen LogP contribution in [-0.2, 0) is 6.18 Å². The molecule has 0 saturated carbocycles. The number of halogens is 4. The van der Waals surface area contributed by atoms with Crippen molar-refractivity contribution in [1.82, 2.24) is 15.5 Å². The van der Waals surface area contributed by atoms with Crippen LogP contribution < -0.4 is 10.1 Å². The Morgan fingerprint density at radius 3 is 2.48 bits per heavy atom. The van der Waals surface area contributed by atoms with E-state index in [-0.39, 0.29) is 36.3 Å². The second-order valence-corrected chi connectivity index (χ2v) is 6.23. The summed E-state index contributed by atoms with van der Waals surface area (Å²) in [6.07, 6.45) is -4.73. The summed E-state index contributed by atoms with van der Waals surface area (Å²) in [5, 5.41) is 15.0. The molecule has 0 bridgehead atoms. The van der Waals surface area contributed by atoms with E-state index in [4.69, 9.17) is 14.4 Å². The molecule has 164 valence electrons. The third-order valence-corrected chi connectivity index (χ3v) is 4.10. The number of nitrogens with zero attached hydrogens (tertiary/aromatic N) is 2. The molecule has 0 radical (unpaired) electrons. The molecule has 3 rings (SSSR count). The lowest BCUT2D eigenvalue weighted by Gasteiger charge is -2.13. The fraction of sp³-hybridized carbons (Fsp3) is 0.250. The van der Waals surface area contributed by atoms with Gasteiger partial charge in [0.15, 0.2) is 0 Å². The largest absolute Gasteiger partial charge is 0.490 e. The number of hydrogen-bond acceptors (Lipinski definition) is 6. The maximum atomic E-state index is 13.3. The molecule has 0 aliphatic carbocycles. The normalized spacial score (nSPS) is 11.4. The van der Waals surface area contributed by atoms with E-state index in [0.717, 1.165) is 12.1 Å².